The average Bonchev–Trinajstić information content (AvgIpc) is 2.80. The van der Waals surface area contributed by atoms with Crippen molar-refractivity contribution in [3.05, 3.63) is 47.5 Å². The van der Waals surface area contributed by atoms with E-state index in [1.165, 1.54) is 24.3 Å². The summed E-state index contributed by atoms with van der Waals surface area (Å²) >= 11 is 0. The number of nitrogens with two attached hydrogens (primary N) is 1. The van der Waals surface area contributed by atoms with Crippen LogP contribution in [0.5, 0.6) is 11.5 Å². The second-order valence-electron chi connectivity index (χ2n) is 9.37. The molecule has 3 aromatic carbocycles. The number of hydrogen-bond acceptors (Lipinski definition) is 3. The maximum atomic E-state index is 15.1. The van der Waals surface area contributed by atoms with Crippen molar-refractivity contribution in [1.29, 1.82) is 0 Å². The number of ether oxygens (including phenoxy) is 2. The van der Waals surface area contributed by atoms with E-state index in [1.54, 1.807) is 0 Å². The summed E-state index contributed by atoms with van der Waals surface area (Å²) < 4.78 is 70.6. The summed E-state index contributed by atoms with van der Waals surface area (Å²) in [4.78, 5) is 0. The highest BCUT2D eigenvalue weighted by molar-refractivity contribution is 8.30. The second-order valence-corrected chi connectivity index (χ2v) is 13.0. The van der Waals surface area contributed by atoms with Crippen LogP contribution < -0.4 is 14.6 Å². The Morgan fingerprint density at radius 3 is 1.60 bits per heavy atom. The molecule has 0 unspecified atom stereocenters. The molecule has 35 heavy (non-hydrogen) atoms. The van der Waals surface area contributed by atoms with E-state index >= 15 is 4.39 Å². The zero-order valence-electron chi connectivity index (χ0n) is 20.7. The first-order valence-corrected chi connectivity index (χ1v) is 14.8. The van der Waals surface area contributed by atoms with Gasteiger partial charge in [0.15, 0.2) is 34.8 Å². The van der Waals surface area contributed by atoms with Crippen molar-refractivity contribution in [1.82, 2.24) is 0 Å². The molecule has 8 heteroatoms. The first-order valence-electron chi connectivity index (χ1n) is 12.1. The molecule has 194 valence electrons. The lowest BCUT2D eigenvalue weighted by Gasteiger charge is -2.24. The molecule has 0 saturated carbocycles. The lowest BCUT2D eigenvalue weighted by Crippen LogP contribution is -2.10. The quantitative estimate of drug-likeness (QED) is 0.143. The van der Waals surface area contributed by atoms with Gasteiger partial charge in [-0.1, -0.05) is 32.6 Å². The van der Waals surface area contributed by atoms with Crippen molar-refractivity contribution in [3.63, 3.8) is 0 Å². The van der Waals surface area contributed by atoms with Gasteiger partial charge in [0.2, 0.25) is 0 Å². The summed E-state index contributed by atoms with van der Waals surface area (Å²) in [5.41, 5.74) is 0. The molecule has 0 bridgehead atoms. The normalized spacial score (nSPS) is 12.5. The highest BCUT2D eigenvalue weighted by atomic mass is 32.3. The smallest absolute Gasteiger partial charge is 0.175 e. The van der Waals surface area contributed by atoms with Gasteiger partial charge < -0.3 is 9.47 Å². The van der Waals surface area contributed by atoms with E-state index in [9.17, 15) is 13.2 Å². The van der Waals surface area contributed by atoms with Gasteiger partial charge in [-0.25, -0.2) is 17.6 Å². The predicted octanol–water partition coefficient (Wildman–Crippen LogP) is 8.00. The Morgan fingerprint density at radius 1 is 0.657 bits per heavy atom. The minimum Gasteiger partial charge on any atom is -0.491 e. The highest BCUT2D eigenvalue weighted by Crippen LogP contribution is 2.39. The summed E-state index contributed by atoms with van der Waals surface area (Å²) in [6, 6.07) is 5.59. The zero-order chi connectivity index (χ0) is 25.6. The van der Waals surface area contributed by atoms with Crippen LogP contribution in [0, 0.1) is 23.3 Å². The van der Waals surface area contributed by atoms with E-state index in [-0.39, 0.29) is 35.5 Å². The van der Waals surface area contributed by atoms with Crippen LogP contribution in [0.2, 0.25) is 0 Å². The van der Waals surface area contributed by atoms with Gasteiger partial charge in [-0.15, -0.1) is 0 Å². The average molecular weight is 514 g/mol. The van der Waals surface area contributed by atoms with E-state index in [0.717, 1.165) is 44.3 Å². The summed E-state index contributed by atoms with van der Waals surface area (Å²) in [5.74, 6) is -4.10. The molecule has 0 spiro atoms. The highest BCUT2D eigenvalue weighted by Gasteiger charge is 2.24. The Morgan fingerprint density at radius 2 is 1.11 bits per heavy atom. The first-order chi connectivity index (χ1) is 16.7. The monoisotopic (exact) mass is 513 g/mol. The second kappa shape index (κ2) is 12.2. The molecule has 0 saturated heterocycles. The molecule has 0 atom stereocenters. The molecule has 0 aliphatic carbocycles. The first kappa shape index (κ1) is 27.4. The Bertz CT molecular complexity index is 1160. The van der Waals surface area contributed by atoms with Crippen LogP contribution in [-0.2, 0) is 0 Å². The fourth-order valence-corrected chi connectivity index (χ4v) is 5.06. The van der Waals surface area contributed by atoms with Crippen molar-refractivity contribution in [2.24, 2.45) is 5.14 Å². The molecule has 0 amide bonds. The SMILES string of the molecule is CCCOc1ccc2c(c1F)c(F)c(F)c1c(F)c(OCCCCCCCCS(C)(C)N)ccc12. The molecule has 0 aromatic heterocycles. The van der Waals surface area contributed by atoms with Gasteiger partial charge in [0.05, 0.1) is 24.0 Å². The summed E-state index contributed by atoms with van der Waals surface area (Å²) in [5, 5.41) is 5.12. The number of hydrogen-bond donors (Lipinski definition) is 1. The van der Waals surface area contributed by atoms with Crippen molar-refractivity contribution in [2.45, 2.75) is 51.9 Å². The molecule has 0 radical (unpaired) electrons. The summed E-state index contributed by atoms with van der Waals surface area (Å²) in [6.07, 6.45) is 10.9. The van der Waals surface area contributed by atoms with Crippen LogP contribution in [0.15, 0.2) is 24.3 Å². The number of benzene rings is 3. The van der Waals surface area contributed by atoms with Crippen LogP contribution in [0.3, 0.4) is 0 Å². The number of halogens is 4. The molecule has 0 aliphatic rings. The van der Waals surface area contributed by atoms with Gasteiger partial charge in [0, 0.05) is 0 Å². The third-order valence-corrected chi connectivity index (χ3v) is 7.26. The Labute approximate surface area is 206 Å². The fourth-order valence-electron chi connectivity index (χ4n) is 4.11. The van der Waals surface area contributed by atoms with Crippen molar-refractivity contribution in [3.8, 4) is 11.5 Å². The third-order valence-electron chi connectivity index (χ3n) is 5.92. The zero-order valence-corrected chi connectivity index (χ0v) is 21.5. The summed E-state index contributed by atoms with van der Waals surface area (Å²) in [6.45, 7) is 2.36. The Kier molecular flexibility index (Phi) is 9.53. The van der Waals surface area contributed by atoms with Crippen molar-refractivity contribution in [2.75, 3.05) is 31.5 Å². The predicted molar refractivity (Wildman–Crippen MR) is 139 cm³/mol. The maximum Gasteiger partial charge on any atom is 0.175 e. The largest absolute Gasteiger partial charge is 0.491 e. The van der Waals surface area contributed by atoms with Gasteiger partial charge in [0.25, 0.3) is 0 Å². The van der Waals surface area contributed by atoms with E-state index in [2.05, 4.69) is 12.5 Å². The lowest BCUT2D eigenvalue weighted by atomic mass is 9.99. The Balaban J connectivity index is 1.68. The molecule has 2 N–H and O–H groups in total. The number of unbranched alkanes of at least 4 members (excludes halogenated alkanes) is 5. The Hall–Kier alpha value is -2.19. The van der Waals surface area contributed by atoms with Crippen LogP contribution in [0.4, 0.5) is 17.6 Å². The van der Waals surface area contributed by atoms with Gasteiger partial charge >= 0.3 is 0 Å². The standard InChI is InChI=1S/C27H35F4NO2S/c1-4-15-33-20-13-11-18-19-12-14-21(25(29)23(19)27(31)26(30)22(18)24(20)28)34-16-9-7-5-6-8-10-17-35(2,3)32/h11-14H,4-10,15-17,32H2,1-3H3. The topological polar surface area (TPSA) is 44.5 Å². The van der Waals surface area contributed by atoms with E-state index < -0.39 is 44.3 Å². The van der Waals surface area contributed by atoms with E-state index in [4.69, 9.17) is 14.6 Å². The molecule has 0 aliphatic heterocycles. The lowest BCUT2D eigenvalue weighted by molar-refractivity contribution is 0.291. The molecule has 0 fully saturated rings. The van der Waals surface area contributed by atoms with Crippen LogP contribution >= 0.6 is 10.2 Å². The van der Waals surface area contributed by atoms with Gasteiger partial charge in [-0.05, 0) is 72.6 Å². The van der Waals surface area contributed by atoms with Crippen LogP contribution in [-0.4, -0.2) is 31.5 Å². The van der Waals surface area contributed by atoms with Gasteiger partial charge in [-0.2, -0.15) is 10.2 Å². The minimum absolute atomic E-state index is 0.0744. The molecule has 3 rings (SSSR count). The molecule has 0 heterocycles. The maximum absolute atomic E-state index is 15.1. The molecule has 3 aromatic rings. The van der Waals surface area contributed by atoms with E-state index in [1.807, 2.05) is 6.92 Å². The van der Waals surface area contributed by atoms with Crippen LogP contribution in [0.25, 0.3) is 21.5 Å². The van der Waals surface area contributed by atoms with E-state index in [0.29, 0.717) is 6.42 Å². The van der Waals surface area contributed by atoms with Gasteiger partial charge in [-0.3, -0.25) is 5.14 Å². The molecular weight excluding hydrogens is 478 g/mol. The number of fused-ring (bicyclic) bond motifs is 3. The third kappa shape index (κ3) is 6.73. The number of rotatable bonds is 13. The minimum atomic E-state index is -1.44. The molecule has 3 nitrogen and oxygen atoms in total. The van der Waals surface area contributed by atoms with Crippen molar-refractivity contribution >= 4 is 31.8 Å². The van der Waals surface area contributed by atoms with Gasteiger partial charge in [0.1, 0.15) is 0 Å². The fraction of sp³-hybridized carbons (Fsp3) is 0.481. The summed E-state index contributed by atoms with van der Waals surface area (Å²) in [7, 11) is -0.932. The van der Waals surface area contributed by atoms with Crippen LogP contribution in [0.1, 0.15) is 51.9 Å². The van der Waals surface area contributed by atoms with Crippen molar-refractivity contribution < 1.29 is 27.0 Å². The molecular formula is C27H35F4NO2S.